The Morgan fingerprint density at radius 3 is 2.81 bits per heavy atom. The lowest BCUT2D eigenvalue weighted by Gasteiger charge is -2.10. The van der Waals surface area contributed by atoms with Crippen LogP contribution >= 0.6 is 15.9 Å². The van der Waals surface area contributed by atoms with E-state index in [0.717, 1.165) is 53.8 Å². The molecular weight excluding hydrogens is 398 g/mol. The molecule has 0 saturated heterocycles. The van der Waals surface area contributed by atoms with Gasteiger partial charge in [-0.05, 0) is 65.5 Å². The maximum atomic E-state index is 11.2. The number of carbonyl (C=O) groups is 1. The molecule has 0 saturated carbocycles. The predicted molar refractivity (Wildman–Crippen MR) is 103 cm³/mol. The number of furan rings is 1. The van der Waals surface area contributed by atoms with Crippen LogP contribution in [-0.2, 0) is 11.2 Å². The second kappa shape index (κ2) is 9.03. The van der Waals surface area contributed by atoms with E-state index in [1.807, 2.05) is 24.3 Å². The molecule has 0 atom stereocenters. The minimum absolute atomic E-state index is 0.0344. The van der Waals surface area contributed by atoms with Gasteiger partial charge in [0.2, 0.25) is 5.90 Å². The van der Waals surface area contributed by atoms with Crippen molar-refractivity contribution in [1.82, 2.24) is 0 Å². The number of ether oxygens (including phenoxy) is 2. The molecule has 0 bridgehead atoms. The summed E-state index contributed by atoms with van der Waals surface area (Å²) in [7, 11) is 0. The first kappa shape index (κ1) is 18.7. The average molecular weight is 420 g/mol. The van der Waals surface area contributed by atoms with Crippen LogP contribution in [0.15, 0.2) is 44.2 Å². The molecule has 0 fully saturated rings. The molecular formula is C20H22BrNO4. The van der Waals surface area contributed by atoms with E-state index < -0.39 is 0 Å². The Morgan fingerprint density at radius 2 is 2.12 bits per heavy atom. The van der Waals surface area contributed by atoms with Crippen molar-refractivity contribution in [2.75, 3.05) is 19.8 Å². The first-order chi connectivity index (χ1) is 12.6. The summed E-state index contributed by atoms with van der Waals surface area (Å²) in [6.07, 6.45) is 3.85. The van der Waals surface area contributed by atoms with Gasteiger partial charge in [-0.15, -0.1) is 0 Å². The van der Waals surface area contributed by atoms with E-state index in [1.54, 1.807) is 6.07 Å². The number of carbonyl (C=O) groups excluding carboxylic acids is 1. The highest BCUT2D eigenvalue weighted by Crippen LogP contribution is 2.27. The van der Waals surface area contributed by atoms with Crippen LogP contribution in [0.3, 0.4) is 0 Å². The first-order valence-corrected chi connectivity index (χ1v) is 9.62. The highest BCUT2D eigenvalue weighted by Gasteiger charge is 2.12. The first-order valence-electron chi connectivity index (χ1n) is 8.83. The van der Waals surface area contributed by atoms with Crippen LogP contribution in [0, 0.1) is 0 Å². The Bertz CT molecular complexity index is 797. The Morgan fingerprint density at radius 1 is 1.23 bits per heavy atom. The zero-order valence-electron chi connectivity index (χ0n) is 14.8. The molecule has 1 aromatic carbocycles. The zero-order valence-corrected chi connectivity index (χ0v) is 16.4. The number of Topliss-reactive ketones (excluding diaryl/α,β-unsaturated/α-hetero) is 1. The van der Waals surface area contributed by atoms with Crippen LogP contribution in [0.5, 0.6) is 5.75 Å². The standard InChI is InChI=1S/C20H22BrNO4/c1-14(23)18-9-7-16(26-18)5-3-2-4-11-24-19-8-6-15(13-17(19)21)20-22-10-12-25-20/h6-9,13H,2-5,10-12H2,1H3. The fraction of sp³-hybridized carbons (Fsp3) is 0.400. The number of ketones is 1. The number of nitrogens with zero attached hydrogens (tertiary/aromatic N) is 1. The van der Waals surface area contributed by atoms with Crippen molar-refractivity contribution in [3.63, 3.8) is 0 Å². The van der Waals surface area contributed by atoms with Crippen molar-refractivity contribution in [2.45, 2.75) is 32.6 Å². The van der Waals surface area contributed by atoms with Crippen molar-refractivity contribution in [3.05, 3.63) is 51.9 Å². The van der Waals surface area contributed by atoms with Crippen molar-refractivity contribution in [1.29, 1.82) is 0 Å². The molecule has 0 amide bonds. The second-order valence-corrected chi connectivity index (χ2v) is 7.02. The molecule has 2 aromatic rings. The van der Waals surface area contributed by atoms with Gasteiger partial charge in [0.1, 0.15) is 18.1 Å². The molecule has 5 nitrogen and oxygen atoms in total. The van der Waals surface area contributed by atoms with Crippen LogP contribution in [0.25, 0.3) is 0 Å². The molecule has 6 heteroatoms. The monoisotopic (exact) mass is 419 g/mol. The number of rotatable bonds is 9. The van der Waals surface area contributed by atoms with Gasteiger partial charge in [0.15, 0.2) is 11.5 Å². The summed E-state index contributed by atoms with van der Waals surface area (Å²) < 4.78 is 17.7. The summed E-state index contributed by atoms with van der Waals surface area (Å²) in [5, 5.41) is 0. The van der Waals surface area contributed by atoms with Crippen molar-refractivity contribution in [2.24, 2.45) is 4.99 Å². The second-order valence-electron chi connectivity index (χ2n) is 6.16. The van der Waals surface area contributed by atoms with Crippen molar-refractivity contribution < 1.29 is 18.7 Å². The Labute approximate surface area is 161 Å². The summed E-state index contributed by atoms with van der Waals surface area (Å²) in [4.78, 5) is 15.5. The van der Waals surface area contributed by atoms with Gasteiger partial charge in [0, 0.05) is 18.9 Å². The lowest BCUT2D eigenvalue weighted by Crippen LogP contribution is -2.02. The number of aryl methyl sites for hydroxylation is 1. The molecule has 26 heavy (non-hydrogen) atoms. The van der Waals surface area contributed by atoms with Crippen LogP contribution in [0.4, 0.5) is 0 Å². The van der Waals surface area contributed by atoms with E-state index in [9.17, 15) is 4.79 Å². The van der Waals surface area contributed by atoms with Crippen LogP contribution < -0.4 is 4.74 Å². The maximum absolute atomic E-state index is 11.2. The molecule has 2 heterocycles. The summed E-state index contributed by atoms with van der Waals surface area (Å²) in [5.74, 6) is 2.79. The molecule has 1 aliphatic heterocycles. The topological polar surface area (TPSA) is 61.0 Å². The zero-order chi connectivity index (χ0) is 18.4. The largest absolute Gasteiger partial charge is 0.492 e. The van der Waals surface area contributed by atoms with Crippen LogP contribution in [0.1, 0.15) is 48.1 Å². The summed E-state index contributed by atoms with van der Waals surface area (Å²) in [6, 6.07) is 9.50. The van der Waals surface area contributed by atoms with Gasteiger partial charge in [-0.25, -0.2) is 4.99 Å². The molecule has 0 unspecified atom stereocenters. The van der Waals surface area contributed by atoms with E-state index in [1.165, 1.54) is 6.92 Å². The van der Waals surface area contributed by atoms with Gasteiger partial charge in [-0.1, -0.05) is 0 Å². The van der Waals surface area contributed by atoms with Crippen LogP contribution in [0.2, 0.25) is 0 Å². The highest BCUT2D eigenvalue weighted by atomic mass is 79.9. The Kier molecular flexibility index (Phi) is 6.50. The number of unbranched alkanes of at least 4 members (excludes halogenated alkanes) is 2. The highest BCUT2D eigenvalue weighted by molar-refractivity contribution is 9.10. The van der Waals surface area contributed by atoms with Gasteiger partial charge in [-0.3, -0.25) is 4.79 Å². The molecule has 1 aromatic heterocycles. The quantitative estimate of drug-likeness (QED) is 0.431. The number of aliphatic imine (C=N–C) groups is 1. The molecule has 0 radical (unpaired) electrons. The third kappa shape index (κ3) is 4.97. The lowest BCUT2D eigenvalue weighted by atomic mass is 10.1. The fourth-order valence-electron chi connectivity index (χ4n) is 2.72. The van der Waals surface area contributed by atoms with E-state index in [4.69, 9.17) is 13.9 Å². The van der Waals surface area contributed by atoms with E-state index in [2.05, 4.69) is 20.9 Å². The summed E-state index contributed by atoms with van der Waals surface area (Å²) >= 11 is 3.55. The van der Waals surface area contributed by atoms with Crippen LogP contribution in [-0.4, -0.2) is 31.4 Å². The van der Waals surface area contributed by atoms with E-state index in [0.29, 0.717) is 24.9 Å². The summed E-state index contributed by atoms with van der Waals surface area (Å²) in [6.45, 7) is 3.55. The smallest absolute Gasteiger partial charge is 0.216 e. The molecule has 3 rings (SSSR count). The third-order valence-corrected chi connectivity index (χ3v) is 4.72. The molecule has 1 aliphatic rings. The van der Waals surface area contributed by atoms with E-state index >= 15 is 0 Å². The van der Waals surface area contributed by atoms with Gasteiger partial charge in [-0.2, -0.15) is 0 Å². The van der Waals surface area contributed by atoms with Gasteiger partial charge < -0.3 is 13.9 Å². The number of hydrogen-bond donors (Lipinski definition) is 0. The lowest BCUT2D eigenvalue weighted by molar-refractivity contribution is 0.0985. The number of benzene rings is 1. The van der Waals surface area contributed by atoms with Crippen molar-refractivity contribution >= 4 is 27.6 Å². The van der Waals surface area contributed by atoms with Gasteiger partial charge in [0.05, 0.1) is 17.6 Å². The average Bonchev–Trinajstić information content (AvgIpc) is 3.31. The summed E-state index contributed by atoms with van der Waals surface area (Å²) in [5.41, 5.74) is 0.963. The molecule has 0 aliphatic carbocycles. The number of hydrogen-bond acceptors (Lipinski definition) is 5. The minimum Gasteiger partial charge on any atom is -0.492 e. The Balaban J connectivity index is 1.37. The minimum atomic E-state index is -0.0344. The Hall–Kier alpha value is -2.08. The fourth-order valence-corrected chi connectivity index (χ4v) is 3.22. The SMILES string of the molecule is CC(=O)c1ccc(CCCCCOc2ccc(C3=NCCO3)cc2Br)o1. The maximum Gasteiger partial charge on any atom is 0.216 e. The van der Waals surface area contributed by atoms with E-state index in [-0.39, 0.29) is 5.78 Å². The van der Waals surface area contributed by atoms with Crippen molar-refractivity contribution in [3.8, 4) is 5.75 Å². The number of halogens is 1. The molecule has 0 spiro atoms. The van der Waals surface area contributed by atoms with Gasteiger partial charge >= 0.3 is 0 Å². The van der Waals surface area contributed by atoms with Gasteiger partial charge in [0.25, 0.3) is 0 Å². The molecule has 138 valence electrons. The molecule has 0 N–H and O–H groups in total. The predicted octanol–water partition coefficient (Wildman–Crippen LogP) is 4.81. The normalized spacial score (nSPS) is 13.4. The third-order valence-electron chi connectivity index (χ3n) is 4.10.